The van der Waals surface area contributed by atoms with Gasteiger partial charge in [0.25, 0.3) is 0 Å². The van der Waals surface area contributed by atoms with Gasteiger partial charge >= 0.3 is 18.1 Å². The van der Waals surface area contributed by atoms with Crippen molar-refractivity contribution in [3.05, 3.63) is 231 Å². The Bertz CT molecular complexity index is 4940. The highest BCUT2D eigenvalue weighted by atomic mass is 35.5. The second-order valence-electron chi connectivity index (χ2n) is 28.4. The molecule has 26 heteroatoms. The Morgan fingerprint density at radius 1 is 0.394 bits per heavy atom. The molecule has 25 nitrogen and oxygen atoms in total. The van der Waals surface area contributed by atoms with Gasteiger partial charge in [-0.2, -0.15) is 15.0 Å². The van der Waals surface area contributed by atoms with E-state index in [1.807, 2.05) is 178 Å². The number of aromatic nitrogens is 6. The molecule has 0 unspecified atom stereocenters. The van der Waals surface area contributed by atoms with E-state index in [-0.39, 0.29) is 18.1 Å². The number of rotatable bonds is 5. The molecule has 8 aliphatic rings. The van der Waals surface area contributed by atoms with Crippen LogP contribution in [0.25, 0.3) is 0 Å². The van der Waals surface area contributed by atoms with Crippen LogP contribution in [-0.2, 0) is 42.3 Å². The van der Waals surface area contributed by atoms with Crippen LogP contribution in [0.4, 0.5) is 95.2 Å². The number of hydrogen-bond acceptors (Lipinski definition) is 19. The molecule has 11 heterocycles. The Morgan fingerprint density at radius 3 is 1.28 bits per heavy atom. The summed E-state index contributed by atoms with van der Waals surface area (Å²) in [5.74, 6) is 4.02. The maximum atomic E-state index is 13.8. The van der Waals surface area contributed by atoms with Gasteiger partial charge in [-0.25, -0.2) is 29.3 Å². The zero-order chi connectivity index (χ0) is 75.2. The van der Waals surface area contributed by atoms with Gasteiger partial charge in [-0.15, -0.1) is 0 Å². The average Bonchev–Trinajstić information content (AvgIpc) is 0.876. The molecule has 17 rings (SSSR count). The summed E-state index contributed by atoms with van der Waals surface area (Å²) in [5, 5.41) is 10.5. The predicted octanol–water partition coefficient (Wildman–Crippen LogP) is 14.3. The molecule has 0 radical (unpaired) electrons. The summed E-state index contributed by atoms with van der Waals surface area (Å²) in [6, 6.07) is 37.8. The number of ether oxygens (including phenoxy) is 3. The minimum absolute atomic E-state index is 0.0963. The van der Waals surface area contributed by atoms with Crippen LogP contribution in [0.5, 0.6) is 5.75 Å². The van der Waals surface area contributed by atoms with Crippen molar-refractivity contribution in [2.75, 3.05) is 161 Å². The standard InChI is InChI=1S/C30H35N7O2.C29H33N7O2.C24H22ClN5O2/c1-21-7-6-8-22(2)27(21)37-19-24-18-31-29-32-25-9-10-26(35-14-12-34(3)13-15-35)23(17-25)20-39-16-5-4-11-36(30(37)38)28(24)33-29;1-20-7-6-8-21(2)26(20)36-19-22-18-30-28-31-23-9-10-24(34-14-12-33(3)13-15-34)25(17-23)38-16-5-4-11-35(29(36)37)27(22)32-28;1-16-6-4-9-20(25)21(16)30-14-18-13-26-23-27-19-8-5-7-17(12-19)15-32-11-3-2-10-29(24(30)31)22(18)28-23/h4-10,17-18H,11-16,19-20H2,1-3H3,(H,31,32,33);4-10,17-18H,11-16,19H2,1-3H3,(H,30,31,32);2-9,12-13H,10-11,14-15H2,1H3,(H,26,27,28)/b5-4+;5-4-;3-2+. The number of anilines is 14. The minimum atomic E-state index is -0.182. The molecule has 8 aliphatic heterocycles. The summed E-state index contributed by atoms with van der Waals surface area (Å²) in [7, 11) is 4.32. The Kier molecular flexibility index (Phi) is 21.8. The number of halogens is 1. The first-order chi connectivity index (χ1) is 53.0. The van der Waals surface area contributed by atoms with E-state index in [1.54, 1.807) is 31.9 Å². The Hall–Kier alpha value is -11.5. The molecule has 0 saturated carbocycles. The topological polar surface area (TPSA) is 225 Å². The van der Waals surface area contributed by atoms with E-state index in [1.165, 1.54) is 5.69 Å². The second kappa shape index (κ2) is 32.5. The van der Waals surface area contributed by atoms with Gasteiger partial charge in [0, 0.05) is 142 Å². The number of urea groups is 3. The minimum Gasteiger partial charge on any atom is -0.487 e. The van der Waals surface area contributed by atoms with Gasteiger partial charge in [-0.1, -0.05) is 103 Å². The van der Waals surface area contributed by atoms with Crippen LogP contribution in [0, 0.1) is 34.6 Å². The summed E-state index contributed by atoms with van der Waals surface area (Å²) < 4.78 is 18.1. The van der Waals surface area contributed by atoms with E-state index in [0.29, 0.717) is 118 Å². The number of carbonyl (C=O) groups excluding carboxylic acids is 3. The molecule has 2 fully saturated rings. The van der Waals surface area contributed by atoms with Crippen molar-refractivity contribution < 1.29 is 28.6 Å². The highest BCUT2D eigenvalue weighted by molar-refractivity contribution is 6.34. The van der Waals surface area contributed by atoms with Gasteiger partial charge in [0.15, 0.2) is 0 Å². The molecule has 0 spiro atoms. The second-order valence-corrected chi connectivity index (χ2v) is 28.8. The molecule has 6 aromatic carbocycles. The third-order valence-corrected chi connectivity index (χ3v) is 20.9. The number of para-hydroxylation sites is 3. The monoisotopic (exact) mass is 1480 g/mol. The number of likely N-dealkylation sites (N-methyl/N-ethyl adjacent to an activating group) is 2. The Labute approximate surface area is 640 Å². The SMILES string of the molecule is Cc1cccc(C)c1N1Cc2cnc3nc2N(C/C=C/COCc2cc(ccc2N2CCN(C)CC2)N3)C1=O.Cc1cccc(C)c1N1Cc2cnc3nc2N(C/C=C\COc2cc(ccc2N2CCN(C)CC2)N3)C1=O.Cc1cccc(Cl)c1N1Cc2cnc3nc2N(C/C=C/COCc2cccc(c2)N3)C1=O. The van der Waals surface area contributed by atoms with Gasteiger partial charge in [0.05, 0.1) is 73.8 Å². The lowest BCUT2D eigenvalue weighted by Gasteiger charge is -2.37. The Balaban J connectivity index is 0.000000131. The first kappa shape index (κ1) is 73.1. The fourth-order valence-electron chi connectivity index (χ4n) is 14.9. The van der Waals surface area contributed by atoms with Crippen LogP contribution in [0.3, 0.4) is 0 Å². The van der Waals surface area contributed by atoms with E-state index in [0.717, 1.165) is 148 Å². The van der Waals surface area contributed by atoms with Crippen LogP contribution in [0.2, 0.25) is 5.02 Å². The maximum Gasteiger partial charge on any atom is 0.330 e. The summed E-state index contributed by atoms with van der Waals surface area (Å²) >= 11 is 6.49. The summed E-state index contributed by atoms with van der Waals surface area (Å²) in [6.45, 7) is 22.8. The van der Waals surface area contributed by atoms with Crippen molar-refractivity contribution in [1.82, 2.24) is 39.7 Å². The average molecular weight is 1490 g/mol. The normalized spacial score (nSPS) is 18.2. The lowest BCUT2D eigenvalue weighted by atomic mass is 10.1. The quantitative estimate of drug-likeness (QED) is 0.136. The van der Waals surface area contributed by atoms with Gasteiger partial charge in [-0.3, -0.25) is 29.4 Å². The molecule has 0 atom stereocenters. The Morgan fingerprint density at radius 2 is 0.798 bits per heavy atom. The van der Waals surface area contributed by atoms with E-state index < -0.39 is 0 Å². The van der Waals surface area contributed by atoms with Crippen molar-refractivity contribution in [1.29, 1.82) is 0 Å². The number of benzene rings is 6. The molecule has 560 valence electrons. The summed E-state index contributed by atoms with van der Waals surface area (Å²) in [5.41, 5.74) is 17.5. The number of hydrogen-bond donors (Lipinski definition) is 3. The lowest BCUT2D eigenvalue weighted by Crippen LogP contribution is -2.48. The number of amides is 6. The van der Waals surface area contributed by atoms with E-state index >= 15 is 0 Å². The third-order valence-electron chi connectivity index (χ3n) is 20.6. The zero-order valence-corrected chi connectivity index (χ0v) is 63.3. The molecule has 109 heavy (non-hydrogen) atoms. The van der Waals surface area contributed by atoms with Gasteiger partial charge < -0.3 is 49.8 Å². The summed E-state index contributed by atoms with van der Waals surface area (Å²) in [6.07, 6.45) is 17.2. The lowest BCUT2D eigenvalue weighted by molar-refractivity contribution is 0.148. The zero-order valence-electron chi connectivity index (χ0n) is 62.6. The van der Waals surface area contributed by atoms with Crippen LogP contribution in [0.15, 0.2) is 170 Å². The summed E-state index contributed by atoms with van der Waals surface area (Å²) in [4.78, 5) is 89.3. The van der Waals surface area contributed by atoms with Crippen molar-refractivity contribution in [3.63, 3.8) is 0 Å². The molecule has 12 bridgehead atoms. The molecule has 0 aliphatic carbocycles. The van der Waals surface area contributed by atoms with Gasteiger partial charge in [0.1, 0.15) is 29.8 Å². The predicted molar refractivity (Wildman–Crippen MR) is 432 cm³/mol. The largest absolute Gasteiger partial charge is 0.487 e. The van der Waals surface area contributed by atoms with Crippen molar-refractivity contribution >= 4 is 110 Å². The van der Waals surface area contributed by atoms with Crippen LogP contribution >= 0.6 is 11.6 Å². The van der Waals surface area contributed by atoms with E-state index in [2.05, 4.69) is 88.9 Å². The van der Waals surface area contributed by atoms with E-state index in [9.17, 15) is 14.4 Å². The maximum absolute atomic E-state index is 13.8. The molecule has 6 amide bonds. The van der Waals surface area contributed by atoms with Gasteiger partial charge in [0.2, 0.25) is 17.8 Å². The number of aryl methyl sites for hydroxylation is 5. The highest BCUT2D eigenvalue weighted by Crippen LogP contribution is 2.41. The first-order valence-electron chi connectivity index (χ1n) is 37.1. The number of nitrogens with one attached hydrogen (secondary N) is 3. The molecule has 9 aromatic rings. The first-order valence-corrected chi connectivity index (χ1v) is 37.4. The third kappa shape index (κ3) is 16.1. The number of nitrogens with zero attached hydrogens (tertiary/aromatic N) is 16. The van der Waals surface area contributed by atoms with Crippen molar-refractivity contribution in [2.24, 2.45) is 0 Å². The fraction of sp³-hybridized carbons (Fsp3) is 0.313. The molecule has 3 aromatic heterocycles. The number of fused-ring (bicyclic) bond motifs is 9. The van der Waals surface area contributed by atoms with Gasteiger partial charge in [-0.05, 0) is 137 Å². The molecular weight excluding hydrogens is 1390 g/mol. The fourth-order valence-corrected chi connectivity index (χ4v) is 15.2. The molecule has 3 N–H and O–H groups in total. The highest BCUT2D eigenvalue weighted by Gasteiger charge is 2.38. The van der Waals surface area contributed by atoms with Crippen LogP contribution in [-0.4, -0.2) is 164 Å². The van der Waals surface area contributed by atoms with Crippen LogP contribution < -0.4 is 59.9 Å². The van der Waals surface area contributed by atoms with Crippen molar-refractivity contribution in [2.45, 2.75) is 67.5 Å². The van der Waals surface area contributed by atoms with Crippen molar-refractivity contribution in [3.8, 4) is 5.75 Å². The smallest absolute Gasteiger partial charge is 0.330 e. The number of piperazine rings is 2. The van der Waals surface area contributed by atoms with Crippen LogP contribution in [0.1, 0.15) is 55.6 Å². The molecular formula is C83H90ClN19O6. The van der Waals surface area contributed by atoms with E-state index in [4.69, 9.17) is 40.8 Å². The number of carbonyl (C=O) groups is 3. The molecule has 2 saturated heterocycles.